The van der Waals surface area contributed by atoms with Crippen molar-refractivity contribution in [1.29, 1.82) is 0 Å². The average molecular weight is 368 g/mol. The minimum Gasteiger partial charge on any atom is -0.493 e. The number of aliphatic carboxylic acids is 1. The van der Waals surface area contributed by atoms with E-state index in [9.17, 15) is 9.59 Å². The van der Waals surface area contributed by atoms with Gasteiger partial charge in [0.2, 0.25) is 0 Å². The van der Waals surface area contributed by atoms with Crippen LogP contribution in [-0.4, -0.2) is 30.6 Å². The molecule has 142 valence electrons. The molecule has 0 fully saturated rings. The van der Waals surface area contributed by atoms with Crippen LogP contribution >= 0.6 is 0 Å². The maximum atomic E-state index is 12.4. The van der Waals surface area contributed by atoms with Gasteiger partial charge in [0.25, 0.3) is 0 Å². The second-order valence-electron chi connectivity index (χ2n) is 7.12. The Balaban J connectivity index is 2.13. The quantitative estimate of drug-likeness (QED) is 0.581. The lowest BCUT2D eigenvalue weighted by molar-refractivity contribution is -0.139. The molecule has 1 N–H and O–H groups in total. The molecule has 0 atom stereocenters. The van der Waals surface area contributed by atoms with Crippen LogP contribution in [0.2, 0.25) is 0 Å². The summed E-state index contributed by atoms with van der Waals surface area (Å²) in [6.45, 7) is 5.98. The van der Waals surface area contributed by atoms with Crippen molar-refractivity contribution >= 4 is 17.8 Å². The van der Waals surface area contributed by atoms with Crippen molar-refractivity contribution in [3.8, 4) is 11.5 Å². The third-order valence-electron chi connectivity index (χ3n) is 4.00. The number of hydrogen-bond donors (Lipinski definition) is 1. The number of carbonyl (C=O) groups is 2. The molecule has 27 heavy (non-hydrogen) atoms. The number of carboxylic acid groups (broad SMARTS) is 1. The van der Waals surface area contributed by atoms with Crippen LogP contribution < -0.4 is 9.47 Å². The summed E-state index contributed by atoms with van der Waals surface area (Å²) in [6.07, 6.45) is 3.26. The van der Waals surface area contributed by atoms with Crippen molar-refractivity contribution in [3.63, 3.8) is 0 Å². The van der Waals surface area contributed by atoms with Gasteiger partial charge < -0.3 is 14.6 Å². The molecular formula is C22H24O5. The molecular weight excluding hydrogens is 344 g/mol. The third-order valence-corrected chi connectivity index (χ3v) is 4.00. The van der Waals surface area contributed by atoms with E-state index in [0.29, 0.717) is 11.3 Å². The molecule has 2 rings (SSSR count). The number of allylic oxidation sites excluding steroid dienone is 1. The van der Waals surface area contributed by atoms with Gasteiger partial charge in [-0.2, -0.15) is 0 Å². The Hall–Kier alpha value is -3.08. The lowest BCUT2D eigenvalue weighted by Crippen LogP contribution is -2.10. The second kappa shape index (κ2) is 8.54. The Labute approximate surface area is 159 Å². The number of ketones is 1. The Morgan fingerprint density at radius 1 is 1.04 bits per heavy atom. The lowest BCUT2D eigenvalue weighted by atomic mass is 9.87. The van der Waals surface area contributed by atoms with Gasteiger partial charge in [-0.05, 0) is 40.8 Å². The number of carboxylic acids is 1. The summed E-state index contributed by atoms with van der Waals surface area (Å²) in [5.74, 6) is -0.682. The van der Waals surface area contributed by atoms with E-state index in [4.69, 9.17) is 14.6 Å². The van der Waals surface area contributed by atoms with Crippen LogP contribution in [0.15, 0.2) is 48.5 Å². The predicted molar refractivity (Wildman–Crippen MR) is 105 cm³/mol. The molecule has 0 heterocycles. The highest BCUT2D eigenvalue weighted by Crippen LogP contribution is 2.28. The zero-order valence-electron chi connectivity index (χ0n) is 16.0. The zero-order chi connectivity index (χ0) is 20.0. The van der Waals surface area contributed by atoms with Crippen LogP contribution in [0.4, 0.5) is 0 Å². The van der Waals surface area contributed by atoms with E-state index in [1.54, 1.807) is 12.1 Å². The smallest absolute Gasteiger partial charge is 0.341 e. The van der Waals surface area contributed by atoms with Gasteiger partial charge in [-0.25, -0.2) is 4.79 Å². The van der Waals surface area contributed by atoms with Gasteiger partial charge >= 0.3 is 5.97 Å². The van der Waals surface area contributed by atoms with E-state index in [1.807, 2.05) is 12.1 Å². The van der Waals surface area contributed by atoms with E-state index in [2.05, 4.69) is 32.9 Å². The Bertz CT molecular complexity index is 842. The van der Waals surface area contributed by atoms with E-state index >= 15 is 0 Å². The first-order valence-electron chi connectivity index (χ1n) is 8.56. The molecule has 2 aromatic rings. The second-order valence-corrected chi connectivity index (χ2v) is 7.12. The van der Waals surface area contributed by atoms with Crippen LogP contribution in [-0.2, 0) is 10.2 Å². The molecule has 0 radical (unpaired) electrons. The molecule has 5 heteroatoms. The summed E-state index contributed by atoms with van der Waals surface area (Å²) in [5.41, 5.74) is 2.67. The van der Waals surface area contributed by atoms with Crippen molar-refractivity contribution in [1.82, 2.24) is 0 Å². The number of benzene rings is 2. The number of carbonyl (C=O) groups excluding carboxylic acids is 1. The number of ether oxygens (including phenoxy) is 2. The Kier molecular flexibility index (Phi) is 6.40. The summed E-state index contributed by atoms with van der Waals surface area (Å²) < 4.78 is 10.3. The molecule has 0 spiro atoms. The van der Waals surface area contributed by atoms with Crippen molar-refractivity contribution in [2.24, 2.45) is 0 Å². The van der Waals surface area contributed by atoms with Crippen molar-refractivity contribution in [2.75, 3.05) is 13.7 Å². The van der Waals surface area contributed by atoms with Crippen LogP contribution in [0.3, 0.4) is 0 Å². The third kappa shape index (κ3) is 5.71. The fraction of sp³-hybridized carbons (Fsp3) is 0.273. The standard InChI is InChI=1S/C22H24O5/c1-22(2,3)17-9-5-15(6-10-17)7-11-18(23)16-8-12-19(20(13-16)26-4)27-14-21(24)25/h5-13H,14H2,1-4H3,(H,24,25)/b11-7+. The number of methoxy groups -OCH3 is 1. The summed E-state index contributed by atoms with van der Waals surface area (Å²) in [4.78, 5) is 23.0. The first kappa shape index (κ1) is 20.2. The van der Waals surface area contributed by atoms with Crippen LogP contribution in [0.1, 0.15) is 42.3 Å². The largest absolute Gasteiger partial charge is 0.493 e. The highest BCUT2D eigenvalue weighted by atomic mass is 16.5. The van der Waals surface area contributed by atoms with Crippen LogP contribution in [0.25, 0.3) is 6.08 Å². The van der Waals surface area contributed by atoms with Crippen molar-refractivity contribution < 1.29 is 24.2 Å². The van der Waals surface area contributed by atoms with Gasteiger partial charge in [-0.3, -0.25) is 4.79 Å². The molecule has 0 unspecified atom stereocenters. The van der Waals surface area contributed by atoms with E-state index in [-0.39, 0.29) is 16.9 Å². The molecule has 0 aromatic heterocycles. The van der Waals surface area contributed by atoms with Gasteiger partial charge in [-0.1, -0.05) is 51.1 Å². The summed E-state index contributed by atoms with van der Waals surface area (Å²) >= 11 is 0. The van der Waals surface area contributed by atoms with Crippen molar-refractivity contribution in [2.45, 2.75) is 26.2 Å². The van der Waals surface area contributed by atoms with Gasteiger partial charge in [0, 0.05) is 5.56 Å². The molecule has 5 nitrogen and oxygen atoms in total. The monoisotopic (exact) mass is 368 g/mol. The SMILES string of the molecule is COc1cc(C(=O)/C=C/c2ccc(C(C)(C)C)cc2)ccc1OCC(=O)O. The molecule has 2 aromatic carbocycles. The maximum absolute atomic E-state index is 12.4. The fourth-order valence-corrected chi connectivity index (χ4v) is 2.44. The van der Waals surface area contributed by atoms with Gasteiger partial charge in [-0.15, -0.1) is 0 Å². The van der Waals surface area contributed by atoms with Gasteiger partial charge in [0.15, 0.2) is 23.9 Å². The lowest BCUT2D eigenvalue weighted by Gasteiger charge is -2.18. The fourth-order valence-electron chi connectivity index (χ4n) is 2.44. The van der Waals surface area contributed by atoms with Crippen LogP contribution in [0, 0.1) is 0 Å². The number of hydrogen-bond acceptors (Lipinski definition) is 4. The minimum absolute atomic E-state index is 0.0824. The molecule has 0 aliphatic rings. The van der Waals surface area contributed by atoms with Crippen LogP contribution in [0.5, 0.6) is 11.5 Å². The normalized spacial score (nSPS) is 11.4. The summed E-state index contributed by atoms with van der Waals surface area (Å²) in [7, 11) is 1.43. The van der Waals surface area contributed by atoms with E-state index in [0.717, 1.165) is 5.56 Å². The molecule has 0 amide bonds. The molecule has 0 saturated heterocycles. The number of rotatable bonds is 7. The molecule has 0 aliphatic heterocycles. The Morgan fingerprint density at radius 3 is 2.26 bits per heavy atom. The highest BCUT2D eigenvalue weighted by molar-refractivity contribution is 6.07. The van der Waals surface area contributed by atoms with Gasteiger partial charge in [0.05, 0.1) is 7.11 Å². The topological polar surface area (TPSA) is 72.8 Å². The van der Waals surface area contributed by atoms with Crippen molar-refractivity contribution in [3.05, 3.63) is 65.2 Å². The molecule has 0 aliphatic carbocycles. The Morgan fingerprint density at radius 2 is 1.70 bits per heavy atom. The minimum atomic E-state index is -1.09. The maximum Gasteiger partial charge on any atom is 0.341 e. The summed E-state index contributed by atoms with van der Waals surface area (Å²) in [6, 6.07) is 12.7. The summed E-state index contributed by atoms with van der Waals surface area (Å²) in [5, 5.41) is 8.69. The average Bonchev–Trinajstić information content (AvgIpc) is 2.63. The highest BCUT2D eigenvalue weighted by Gasteiger charge is 2.13. The van der Waals surface area contributed by atoms with E-state index < -0.39 is 12.6 Å². The molecule has 0 bridgehead atoms. The predicted octanol–water partition coefficient (Wildman–Crippen LogP) is 4.35. The molecule has 0 saturated carbocycles. The zero-order valence-corrected chi connectivity index (χ0v) is 16.0. The first-order chi connectivity index (χ1) is 12.7. The van der Waals surface area contributed by atoms with Gasteiger partial charge in [0.1, 0.15) is 0 Å². The van der Waals surface area contributed by atoms with E-state index in [1.165, 1.54) is 30.9 Å². The first-order valence-corrected chi connectivity index (χ1v) is 8.56.